The molecule has 0 aliphatic carbocycles. The summed E-state index contributed by atoms with van der Waals surface area (Å²) in [5, 5.41) is 6.67. The van der Waals surface area contributed by atoms with Gasteiger partial charge < -0.3 is 20.1 Å². The van der Waals surface area contributed by atoms with Crippen LogP contribution < -0.4 is 15.4 Å². The molecule has 0 saturated carbocycles. The fourth-order valence-electron chi connectivity index (χ4n) is 2.38. The van der Waals surface area contributed by atoms with Crippen molar-refractivity contribution in [3.8, 4) is 5.75 Å². The number of hydrogen-bond acceptors (Lipinski definition) is 3. The number of ether oxygens (including phenoxy) is 2. The van der Waals surface area contributed by atoms with Gasteiger partial charge in [-0.15, -0.1) is 24.0 Å². The Bertz CT molecular complexity index is 504. The van der Waals surface area contributed by atoms with Gasteiger partial charge in [0.05, 0.1) is 26.9 Å². The molecule has 2 N–H and O–H groups in total. The van der Waals surface area contributed by atoms with E-state index >= 15 is 0 Å². The largest absolute Gasteiger partial charge is 0.496 e. The number of methoxy groups -OCH3 is 1. The minimum atomic E-state index is 0. The maximum atomic E-state index is 5.38. The van der Waals surface area contributed by atoms with Crippen molar-refractivity contribution < 1.29 is 9.47 Å². The number of benzene rings is 1. The van der Waals surface area contributed by atoms with Gasteiger partial charge in [-0.25, -0.2) is 0 Å². The smallest absolute Gasteiger partial charge is 0.191 e. The third-order valence-electron chi connectivity index (χ3n) is 3.74. The quantitative estimate of drug-likeness (QED) is 0.394. The molecule has 1 saturated heterocycles. The zero-order chi connectivity index (χ0) is 15.8. The van der Waals surface area contributed by atoms with E-state index in [2.05, 4.69) is 35.5 Å². The van der Waals surface area contributed by atoms with Crippen LogP contribution in [0.1, 0.15) is 19.4 Å². The van der Waals surface area contributed by atoms with E-state index in [-0.39, 0.29) is 29.4 Å². The molecule has 0 bridgehead atoms. The maximum Gasteiger partial charge on any atom is 0.191 e. The van der Waals surface area contributed by atoms with E-state index in [1.165, 1.54) is 5.56 Å². The highest BCUT2D eigenvalue weighted by atomic mass is 127. The van der Waals surface area contributed by atoms with Crippen LogP contribution in [0.15, 0.2) is 29.3 Å². The molecule has 1 aliphatic rings. The minimum Gasteiger partial charge on any atom is -0.496 e. The standard InChI is InChI=1S/C17H27N3O2.HI/c1-4-18-16(20-11-17(2)12-22-13-17)19-10-9-14-7-5-6-8-15(14)21-3;/h5-8H,4,9-13H2,1-3H3,(H2,18,19,20);1H. The Balaban J connectivity index is 0.00000264. The molecule has 1 heterocycles. The van der Waals surface area contributed by atoms with Gasteiger partial charge in [0, 0.05) is 18.5 Å². The summed E-state index contributed by atoms with van der Waals surface area (Å²) in [6.07, 6.45) is 0.898. The van der Waals surface area contributed by atoms with Crippen LogP contribution in [-0.2, 0) is 11.2 Å². The third kappa shape index (κ3) is 6.18. The molecule has 0 amide bonds. The SMILES string of the molecule is CCNC(=NCC1(C)COC1)NCCc1ccccc1OC.I. The number of rotatable bonds is 7. The van der Waals surface area contributed by atoms with E-state index in [1.807, 2.05) is 18.2 Å². The molecular formula is C17H28IN3O2. The normalized spacial score (nSPS) is 16.0. The molecule has 1 aliphatic heterocycles. The van der Waals surface area contributed by atoms with Gasteiger partial charge in [0.2, 0.25) is 0 Å². The van der Waals surface area contributed by atoms with Crippen LogP contribution in [0.3, 0.4) is 0 Å². The molecule has 0 unspecified atom stereocenters. The van der Waals surface area contributed by atoms with Gasteiger partial charge in [0.1, 0.15) is 5.75 Å². The monoisotopic (exact) mass is 433 g/mol. The van der Waals surface area contributed by atoms with Gasteiger partial charge >= 0.3 is 0 Å². The van der Waals surface area contributed by atoms with Crippen molar-refractivity contribution in [1.82, 2.24) is 10.6 Å². The van der Waals surface area contributed by atoms with Gasteiger partial charge in [-0.2, -0.15) is 0 Å². The lowest BCUT2D eigenvalue weighted by Crippen LogP contribution is -2.44. The summed E-state index contributed by atoms with van der Waals surface area (Å²) in [6.45, 7) is 8.35. The van der Waals surface area contributed by atoms with Gasteiger partial charge in [0.25, 0.3) is 0 Å². The summed E-state index contributed by atoms with van der Waals surface area (Å²) in [4.78, 5) is 4.66. The Morgan fingerprint density at radius 1 is 1.30 bits per heavy atom. The fourth-order valence-corrected chi connectivity index (χ4v) is 2.38. The summed E-state index contributed by atoms with van der Waals surface area (Å²) >= 11 is 0. The van der Waals surface area contributed by atoms with Crippen molar-refractivity contribution in [2.75, 3.05) is 40.0 Å². The van der Waals surface area contributed by atoms with Crippen molar-refractivity contribution in [2.24, 2.45) is 10.4 Å². The highest BCUT2D eigenvalue weighted by Crippen LogP contribution is 2.26. The Morgan fingerprint density at radius 3 is 2.65 bits per heavy atom. The molecule has 1 fully saturated rings. The Morgan fingerprint density at radius 2 is 2.04 bits per heavy atom. The lowest BCUT2D eigenvalue weighted by Gasteiger charge is -2.36. The van der Waals surface area contributed by atoms with E-state index in [0.717, 1.165) is 51.0 Å². The van der Waals surface area contributed by atoms with Crippen LogP contribution in [0.2, 0.25) is 0 Å². The maximum absolute atomic E-state index is 5.38. The van der Waals surface area contributed by atoms with E-state index in [9.17, 15) is 0 Å². The van der Waals surface area contributed by atoms with Crippen LogP contribution >= 0.6 is 24.0 Å². The van der Waals surface area contributed by atoms with Crippen LogP contribution in [0.4, 0.5) is 0 Å². The number of nitrogens with zero attached hydrogens (tertiary/aromatic N) is 1. The number of hydrogen-bond donors (Lipinski definition) is 2. The first-order valence-electron chi connectivity index (χ1n) is 7.89. The van der Waals surface area contributed by atoms with E-state index in [1.54, 1.807) is 7.11 Å². The molecule has 0 spiro atoms. The van der Waals surface area contributed by atoms with Crippen molar-refractivity contribution in [3.05, 3.63) is 29.8 Å². The molecule has 1 aromatic carbocycles. The molecule has 23 heavy (non-hydrogen) atoms. The van der Waals surface area contributed by atoms with Crippen molar-refractivity contribution in [1.29, 1.82) is 0 Å². The summed E-state index contributed by atoms with van der Waals surface area (Å²) in [7, 11) is 1.71. The Labute approximate surface area is 156 Å². The van der Waals surface area contributed by atoms with Gasteiger partial charge in [-0.3, -0.25) is 4.99 Å². The number of nitrogens with one attached hydrogen (secondary N) is 2. The first kappa shape index (κ1) is 20.0. The fraction of sp³-hybridized carbons (Fsp3) is 0.588. The Hall–Kier alpha value is -1.02. The van der Waals surface area contributed by atoms with E-state index in [4.69, 9.17) is 9.47 Å². The molecule has 0 aromatic heterocycles. The average molecular weight is 433 g/mol. The van der Waals surface area contributed by atoms with Crippen LogP contribution in [0.5, 0.6) is 5.75 Å². The zero-order valence-electron chi connectivity index (χ0n) is 14.2. The average Bonchev–Trinajstić information content (AvgIpc) is 2.51. The molecule has 6 heteroatoms. The van der Waals surface area contributed by atoms with E-state index in [0.29, 0.717) is 0 Å². The Kier molecular flexibility index (Phi) is 8.68. The van der Waals surface area contributed by atoms with Crippen molar-refractivity contribution in [2.45, 2.75) is 20.3 Å². The second kappa shape index (κ2) is 9.97. The number of para-hydroxylation sites is 1. The van der Waals surface area contributed by atoms with Crippen molar-refractivity contribution in [3.63, 3.8) is 0 Å². The third-order valence-corrected chi connectivity index (χ3v) is 3.74. The molecule has 0 atom stereocenters. The minimum absolute atomic E-state index is 0. The summed E-state index contributed by atoms with van der Waals surface area (Å²) in [5.41, 5.74) is 1.40. The van der Waals surface area contributed by atoms with Crippen LogP contribution in [0, 0.1) is 5.41 Å². The van der Waals surface area contributed by atoms with Gasteiger partial charge in [0.15, 0.2) is 5.96 Å². The lowest BCUT2D eigenvalue weighted by atomic mass is 9.89. The summed E-state index contributed by atoms with van der Waals surface area (Å²) in [5.74, 6) is 1.80. The molecular weight excluding hydrogens is 405 g/mol. The first-order valence-corrected chi connectivity index (χ1v) is 7.89. The first-order chi connectivity index (χ1) is 10.7. The topological polar surface area (TPSA) is 54.9 Å². The molecule has 0 radical (unpaired) electrons. The number of guanidine groups is 1. The van der Waals surface area contributed by atoms with Gasteiger partial charge in [-0.05, 0) is 25.0 Å². The summed E-state index contributed by atoms with van der Waals surface area (Å²) < 4.78 is 10.6. The highest BCUT2D eigenvalue weighted by molar-refractivity contribution is 14.0. The molecule has 130 valence electrons. The van der Waals surface area contributed by atoms with Gasteiger partial charge in [-0.1, -0.05) is 25.1 Å². The molecule has 1 aromatic rings. The van der Waals surface area contributed by atoms with Crippen molar-refractivity contribution >= 4 is 29.9 Å². The van der Waals surface area contributed by atoms with Crippen LogP contribution in [-0.4, -0.2) is 45.9 Å². The van der Waals surface area contributed by atoms with E-state index < -0.39 is 0 Å². The molecule has 5 nitrogen and oxygen atoms in total. The second-order valence-electron chi connectivity index (χ2n) is 5.99. The molecule has 2 rings (SSSR count). The number of aliphatic imine (C=N–C) groups is 1. The predicted octanol–water partition coefficient (Wildman–Crippen LogP) is 2.45. The lowest BCUT2D eigenvalue weighted by molar-refractivity contribution is -0.0945. The number of halogens is 1. The predicted molar refractivity (Wildman–Crippen MR) is 105 cm³/mol. The highest BCUT2D eigenvalue weighted by Gasteiger charge is 2.33. The summed E-state index contributed by atoms with van der Waals surface area (Å²) in [6, 6.07) is 8.11. The second-order valence-corrected chi connectivity index (χ2v) is 5.99. The zero-order valence-corrected chi connectivity index (χ0v) is 16.6. The van der Waals surface area contributed by atoms with Crippen LogP contribution in [0.25, 0.3) is 0 Å².